The van der Waals surface area contributed by atoms with E-state index in [1.165, 1.54) is 11.3 Å². The highest BCUT2D eigenvalue weighted by molar-refractivity contribution is 5.94. The Bertz CT molecular complexity index is 806. The van der Waals surface area contributed by atoms with Gasteiger partial charge in [0.1, 0.15) is 0 Å². The summed E-state index contributed by atoms with van der Waals surface area (Å²) in [6, 6.07) is 8.47. The van der Waals surface area contributed by atoms with Gasteiger partial charge in [-0.15, -0.1) is 0 Å². The van der Waals surface area contributed by atoms with Crippen LogP contribution in [-0.2, 0) is 12.8 Å². The van der Waals surface area contributed by atoms with Crippen molar-refractivity contribution in [2.75, 3.05) is 6.54 Å². The highest BCUT2D eigenvalue weighted by Gasteiger charge is 2.34. The lowest BCUT2D eigenvalue weighted by atomic mass is 9.96. The molecule has 1 aliphatic heterocycles. The molecule has 0 radical (unpaired) electrons. The molecule has 1 fully saturated rings. The summed E-state index contributed by atoms with van der Waals surface area (Å²) in [6.45, 7) is 4.87. The molecule has 2 atom stereocenters. The number of carbonyl (C=O) groups is 1. The van der Waals surface area contributed by atoms with Crippen LogP contribution in [0.25, 0.3) is 5.69 Å². The number of benzene rings is 1. The minimum absolute atomic E-state index is 0.00789. The molecule has 1 aliphatic carbocycles. The summed E-state index contributed by atoms with van der Waals surface area (Å²) in [5.41, 5.74) is 11.4. The molecule has 4 rings (SSSR count). The Morgan fingerprint density at radius 3 is 2.69 bits per heavy atom. The maximum absolute atomic E-state index is 13.4. The molecule has 1 aromatic heterocycles. The first kappa shape index (κ1) is 17.3. The predicted molar refractivity (Wildman–Crippen MR) is 103 cm³/mol. The van der Waals surface area contributed by atoms with Gasteiger partial charge in [0.25, 0.3) is 5.91 Å². The molecule has 0 bridgehead atoms. The Morgan fingerprint density at radius 2 is 1.96 bits per heavy atom. The molecule has 2 aliphatic rings. The van der Waals surface area contributed by atoms with Gasteiger partial charge in [-0.05, 0) is 64.5 Å². The SMILES string of the molecule is Cc1ccc(-n2nc(C(=O)N3CCCCC3C(C)N)c3c2CCC3)cc1. The van der Waals surface area contributed by atoms with Crippen LogP contribution in [0.1, 0.15) is 59.9 Å². The van der Waals surface area contributed by atoms with E-state index in [0.717, 1.165) is 56.3 Å². The summed E-state index contributed by atoms with van der Waals surface area (Å²) in [7, 11) is 0. The average Bonchev–Trinajstić information content (AvgIpc) is 3.24. The van der Waals surface area contributed by atoms with Gasteiger partial charge in [-0.3, -0.25) is 4.79 Å². The number of rotatable bonds is 3. The average molecular weight is 352 g/mol. The van der Waals surface area contributed by atoms with Gasteiger partial charge in [0.2, 0.25) is 0 Å². The van der Waals surface area contributed by atoms with Crippen molar-refractivity contribution in [3.63, 3.8) is 0 Å². The maximum atomic E-state index is 13.4. The number of hydrogen-bond donors (Lipinski definition) is 1. The van der Waals surface area contributed by atoms with Gasteiger partial charge in [0.05, 0.1) is 5.69 Å². The van der Waals surface area contributed by atoms with Crippen LogP contribution in [-0.4, -0.2) is 39.2 Å². The number of aryl methyl sites for hydroxylation is 1. The first-order valence-corrected chi connectivity index (χ1v) is 9.80. The lowest BCUT2D eigenvalue weighted by Crippen LogP contribution is -2.51. The van der Waals surface area contributed by atoms with Crippen molar-refractivity contribution in [3.05, 3.63) is 46.8 Å². The van der Waals surface area contributed by atoms with E-state index in [-0.39, 0.29) is 18.0 Å². The normalized spacial score (nSPS) is 20.9. The van der Waals surface area contributed by atoms with Crippen molar-refractivity contribution in [2.24, 2.45) is 5.73 Å². The van der Waals surface area contributed by atoms with Crippen LogP contribution in [0.4, 0.5) is 0 Å². The fourth-order valence-electron chi connectivity index (χ4n) is 4.40. The van der Waals surface area contributed by atoms with Crippen molar-refractivity contribution in [1.29, 1.82) is 0 Å². The maximum Gasteiger partial charge on any atom is 0.274 e. The van der Waals surface area contributed by atoms with Crippen molar-refractivity contribution in [1.82, 2.24) is 14.7 Å². The van der Waals surface area contributed by atoms with E-state index in [1.807, 2.05) is 16.5 Å². The standard InChI is InChI=1S/C21H28N4O/c1-14-9-11-16(12-10-14)25-19-8-5-6-17(19)20(23-25)21(26)24-13-4-3-7-18(24)15(2)22/h9-12,15,18H,3-8,13,22H2,1-2H3. The second kappa shape index (κ2) is 6.88. The van der Waals surface area contributed by atoms with Gasteiger partial charge < -0.3 is 10.6 Å². The Labute approximate surface area is 155 Å². The summed E-state index contributed by atoms with van der Waals surface area (Å²) in [5, 5.41) is 4.79. The largest absolute Gasteiger partial charge is 0.333 e. The molecule has 0 saturated carbocycles. The van der Waals surface area contributed by atoms with Gasteiger partial charge >= 0.3 is 0 Å². The highest BCUT2D eigenvalue weighted by atomic mass is 16.2. The summed E-state index contributed by atoms with van der Waals surface area (Å²) < 4.78 is 1.99. The van der Waals surface area contributed by atoms with Crippen molar-refractivity contribution in [3.8, 4) is 5.69 Å². The molecule has 5 nitrogen and oxygen atoms in total. The van der Waals surface area contributed by atoms with E-state index in [2.05, 4.69) is 31.2 Å². The number of piperidine rings is 1. The third-order valence-electron chi connectivity index (χ3n) is 5.83. The van der Waals surface area contributed by atoms with E-state index in [1.54, 1.807) is 0 Å². The molecular formula is C21H28N4O. The minimum Gasteiger partial charge on any atom is -0.333 e. The smallest absolute Gasteiger partial charge is 0.274 e. The van der Waals surface area contributed by atoms with E-state index in [0.29, 0.717) is 5.69 Å². The molecule has 2 N–H and O–H groups in total. The summed E-state index contributed by atoms with van der Waals surface area (Å²) >= 11 is 0. The van der Waals surface area contributed by atoms with Crippen LogP contribution in [0, 0.1) is 6.92 Å². The zero-order valence-electron chi connectivity index (χ0n) is 15.7. The Kier molecular flexibility index (Phi) is 4.57. The number of fused-ring (bicyclic) bond motifs is 1. The minimum atomic E-state index is -0.00789. The molecule has 0 spiro atoms. The zero-order chi connectivity index (χ0) is 18.3. The quantitative estimate of drug-likeness (QED) is 0.923. The van der Waals surface area contributed by atoms with E-state index >= 15 is 0 Å². The number of carbonyl (C=O) groups excluding carboxylic acids is 1. The van der Waals surface area contributed by atoms with E-state index in [9.17, 15) is 4.79 Å². The van der Waals surface area contributed by atoms with Gasteiger partial charge in [0, 0.05) is 29.9 Å². The van der Waals surface area contributed by atoms with Gasteiger partial charge in [-0.25, -0.2) is 4.68 Å². The fraction of sp³-hybridized carbons (Fsp3) is 0.524. The number of amides is 1. The molecule has 138 valence electrons. The molecule has 1 saturated heterocycles. The Balaban J connectivity index is 1.72. The van der Waals surface area contributed by atoms with Crippen molar-refractivity contribution in [2.45, 2.75) is 64.5 Å². The van der Waals surface area contributed by atoms with E-state index in [4.69, 9.17) is 10.8 Å². The lowest BCUT2D eigenvalue weighted by Gasteiger charge is -2.37. The molecular weight excluding hydrogens is 324 g/mol. The van der Waals surface area contributed by atoms with E-state index < -0.39 is 0 Å². The first-order chi connectivity index (χ1) is 12.6. The Morgan fingerprint density at radius 1 is 1.19 bits per heavy atom. The highest BCUT2D eigenvalue weighted by Crippen LogP contribution is 2.30. The molecule has 5 heteroatoms. The molecule has 2 aromatic rings. The van der Waals surface area contributed by atoms with Crippen LogP contribution in [0.5, 0.6) is 0 Å². The topological polar surface area (TPSA) is 64.2 Å². The first-order valence-electron chi connectivity index (χ1n) is 9.80. The van der Waals surface area contributed by atoms with Gasteiger partial charge in [-0.1, -0.05) is 17.7 Å². The zero-order valence-corrected chi connectivity index (χ0v) is 15.7. The molecule has 1 aromatic carbocycles. The predicted octanol–water partition coefficient (Wildman–Crippen LogP) is 3.01. The van der Waals surface area contributed by atoms with Crippen LogP contribution in [0.2, 0.25) is 0 Å². The molecule has 2 unspecified atom stereocenters. The lowest BCUT2D eigenvalue weighted by molar-refractivity contribution is 0.0576. The van der Waals surface area contributed by atoms with Gasteiger partial charge in [0.15, 0.2) is 5.69 Å². The number of nitrogens with zero attached hydrogens (tertiary/aromatic N) is 3. The van der Waals surface area contributed by atoms with Crippen molar-refractivity contribution >= 4 is 5.91 Å². The summed E-state index contributed by atoms with van der Waals surface area (Å²) in [6.07, 6.45) is 6.21. The van der Waals surface area contributed by atoms with Crippen LogP contribution >= 0.6 is 0 Å². The van der Waals surface area contributed by atoms with Crippen LogP contribution in [0.3, 0.4) is 0 Å². The second-order valence-corrected chi connectivity index (χ2v) is 7.80. The number of likely N-dealkylation sites (tertiary alicyclic amines) is 1. The molecule has 2 heterocycles. The summed E-state index contributed by atoms with van der Waals surface area (Å²) in [4.78, 5) is 15.3. The fourth-order valence-corrected chi connectivity index (χ4v) is 4.40. The molecule has 26 heavy (non-hydrogen) atoms. The van der Waals surface area contributed by atoms with Crippen LogP contribution in [0.15, 0.2) is 24.3 Å². The number of nitrogens with two attached hydrogens (primary N) is 1. The summed E-state index contributed by atoms with van der Waals surface area (Å²) in [5.74, 6) is 0.0658. The third kappa shape index (κ3) is 2.94. The number of aromatic nitrogens is 2. The second-order valence-electron chi connectivity index (χ2n) is 7.80. The Hall–Kier alpha value is -2.14. The van der Waals surface area contributed by atoms with Crippen molar-refractivity contribution < 1.29 is 4.79 Å². The van der Waals surface area contributed by atoms with Crippen LogP contribution < -0.4 is 5.73 Å². The molecule has 1 amide bonds. The monoisotopic (exact) mass is 352 g/mol. The van der Waals surface area contributed by atoms with Gasteiger partial charge in [-0.2, -0.15) is 5.10 Å². The number of hydrogen-bond acceptors (Lipinski definition) is 3. The third-order valence-corrected chi connectivity index (χ3v) is 5.83.